The fourth-order valence-corrected chi connectivity index (χ4v) is 2.43. The highest BCUT2D eigenvalue weighted by atomic mass is 16.3. The zero-order chi connectivity index (χ0) is 12.7. The highest BCUT2D eigenvalue weighted by Gasteiger charge is 2.26. The Hall–Kier alpha value is -0.610. The maximum atomic E-state index is 11.6. The van der Waals surface area contributed by atoms with Crippen molar-refractivity contribution < 1.29 is 9.90 Å². The maximum Gasteiger partial charge on any atom is 0.221 e. The Labute approximate surface area is 104 Å². The Kier molecular flexibility index (Phi) is 6.52. The summed E-state index contributed by atoms with van der Waals surface area (Å²) in [4.78, 5) is 11.6. The van der Waals surface area contributed by atoms with Gasteiger partial charge in [0.05, 0.1) is 0 Å². The van der Waals surface area contributed by atoms with Gasteiger partial charge in [0.1, 0.15) is 0 Å². The molecule has 3 N–H and O–H groups in total. The maximum absolute atomic E-state index is 11.6. The van der Waals surface area contributed by atoms with Crippen LogP contribution in [0.4, 0.5) is 0 Å². The molecule has 0 heterocycles. The van der Waals surface area contributed by atoms with Gasteiger partial charge in [0, 0.05) is 32.2 Å². The van der Waals surface area contributed by atoms with E-state index in [9.17, 15) is 9.90 Å². The smallest absolute Gasteiger partial charge is 0.221 e. The number of carbonyl (C=O) groups excluding carboxylic acids is 1. The molecule has 17 heavy (non-hydrogen) atoms. The van der Waals surface area contributed by atoms with E-state index >= 15 is 0 Å². The van der Waals surface area contributed by atoms with Gasteiger partial charge in [-0.25, -0.2) is 0 Å². The number of aliphatic hydroxyl groups is 1. The van der Waals surface area contributed by atoms with Crippen LogP contribution in [0.1, 0.15) is 39.5 Å². The lowest BCUT2D eigenvalue weighted by molar-refractivity contribution is -0.121. The first kappa shape index (κ1) is 14.5. The molecule has 1 aliphatic rings. The minimum absolute atomic E-state index is 0.113. The van der Waals surface area contributed by atoms with Crippen molar-refractivity contribution in [2.45, 2.75) is 45.6 Å². The summed E-state index contributed by atoms with van der Waals surface area (Å²) in [5.41, 5.74) is 0. The zero-order valence-corrected chi connectivity index (χ0v) is 11.0. The second-order valence-electron chi connectivity index (χ2n) is 5.30. The number of rotatable bonds is 7. The summed E-state index contributed by atoms with van der Waals surface area (Å²) < 4.78 is 0. The standard InChI is InChI=1S/C13H26N2O2/c1-10(2)14-7-6-13(17)15-8-11-4-3-5-12(11)9-16/h10-12,14,16H,3-9H2,1-2H3,(H,15,17). The van der Waals surface area contributed by atoms with Gasteiger partial charge < -0.3 is 15.7 Å². The van der Waals surface area contributed by atoms with Crippen LogP contribution in [0.25, 0.3) is 0 Å². The summed E-state index contributed by atoms with van der Waals surface area (Å²) in [6, 6.07) is 0.427. The number of amides is 1. The van der Waals surface area contributed by atoms with Crippen molar-refractivity contribution in [3.8, 4) is 0 Å². The van der Waals surface area contributed by atoms with Crippen LogP contribution in [-0.4, -0.2) is 36.8 Å². The largest absolute Gasteiger partial charge is 0.396 e. The quantitative estimate of drug-likeness (QED) is 0.621. The van der Waals surface area contributed by atoms with Gasteiger partial charge in [-0.05, 0) is 24.7 Å². The lowest BCUT2D eigenvalue weighted by atomic mass is 9.97. The van der Waals surface area contributed by atoms with Crippen molar-refractivity contribution in [3.63, 3.8) is 0 Å². The van der Waals surface area contributed by atoms with Gasteiger partial charge in [-0.3, -0.25) is 4.79 Å². The molecule has 100 valence electrons. The van der Waals surface area contributed by atoms with E-state index in [-0.39, 0.29) is 12.5 Å². The van der Waals surface area contributed by atoms with E-state index in [1.54, 1.807) is 0 Å². The number of hydrogen-bond acceptors (Lipinski definition) is 3. The fourth-order valence-electron chi connectivity index (χ4n) is 2.43. The Bertz CT molecular complexity index is 231. The van der Waals surface area contributed by atoms with Gasteiger partial charge in [-0.1, -0.05) is 20.3 Å². The molecule has 1 amide bonds. The monoisotopic (exact) mass is 242 g/mol. The molecule has 1 saturated carbocycles. The second-order valence-corrected chi connectivity index (χ2v) is 5.30. The molecule has 0 aromatic rings. The van der Waals surface area contributed by atoms with Crippen LogP contribution < -0.4 is 10.6 Å². The highest BCUT2D eigenvalue weighted by Crippen LogP contribution is 2.30. The molecule has 0 aromatic heterocycles. The molecule has 0 aromatic carbocycles. The second kappa shape index (κ2) is 7.67. The van der Waals surface area contributed by atoms with Gasteiger partial charge >= 0.3 is 0 Å². The van der Waals surface area contributed by atoms with E-state index in [1.807, 2.05) is 0 Å². The van der Waals surface area contributed by atoms with Gasteiger partial charge in [-0.2, -0.15) is 0 Å². The number of nitrogens with one attached hydrogen (secondary N) is 2. The van der Waals surface area contributed by atoms with Gasteiger partial charge in [-0.15, -0.1) is 0 Å². The van der Waals surface area contributed by atoms with Gasteiger partial charge in [0.15, 0.2) is 0 Å². The lowest BCUT2D eigenvalue weighted by Crippen LogP contribution is -2.34. The molecular weight excluding hydrogens is 216 g/mol. The summed E-state index contributed by atoms with van der Waals surface area (Å²) >= 11 is 0. The van der Waals surface area contributed by atoms with Crippen molar-refractivity contribution in [2.75, 3.05) is 19.7 Å². The SMILES string of the molecule is CC(C)NCCC(=O)NCC1CCCC1CO. The van der Waals surface area contributed by atoms with E-state index < -0.39 is 0 Å². The molecule has 0 aliphatic heterocycles. The summed E-state index contributed by atoms with van der Waals surface area (Å²) in [6.45, 7) is 5.86. The predicted octanol–water partition coefficient (Wildman–Crippen LogP) is 0.899. The summed E-state index contributed by atoms with van der Waals surface area (Å²) in [7, 11) is 0. The fraction of sp³-hybridized carbons (Fsp3) is 0.923. The molecule has 2 unspecified atom stereocenters. The zero-order valence-electron chi connectivity index (χ0n) is 11.0. The minimum atomic E-state index is 0.113. The molecule has 0 spiro atoms. The average molecular weight is 242 g/mol. The van der Waals surface area contributed by atoms with Crippen molar-refractivity contribution in [2.24, 2.45) is 11.8 Å². The van der Waals surface area contributed by atoms with Crippen LogP contribution in [-0.2, 0) is 4.79 Å². The molecule has 0 bridgehead atoms. The van der Waals surface area contributed by atoms with Crippen LogP contribution in [0.2, 0.25) is 0 Å². The molecule has 4 nitrogen and oxygen atoms in total. The number of hydrogen-bond donors (Lipinski definition) is 3. The van der Waals surface area contributed by atoms with E-state index in [2.05, 4.69) is 24.5 Å². The molecule has 2 atom stereocenters. The first-order chi connectivity index (χ1) is 8.13. The molecule has 0 saturated heterocycles. The molecule has 1 rings (SSSR count). The van der Waals surface area contributed by atoms with Gasteiger partial charge in [0.2, 0.25) is 5.91 Å². The molecule has 0 radical (unpaired) electrons. The number of carbonyl (C=O) groups is 1. The van der Waals surface area contributed by atoms with Crippen LogP contribution in [0, 0.1) is 11.8 Å². The highest BCUT2D eigenvalue weighted by molar-refractivity contribution is 5.76. The third kappa shape index (κ3) is 5.50. The lowest BCUT2D eigenvalue weighted by Gasteiger charge is -2.17. The van der Waals surface area contributed by atoms with Crippen LogP contribution in [0.15, 0.2) is 0 Å². The van der Waals surface area contributed by atoms with Crippen molar-refractivity contribution in [1.82, 2.24) is 10.6 Å². The van der Waals surface area contributed by atoms with E-state index in [4.69, 9.17) is 0 Å². The van der Waals surface area contributed by atoms with Crippen LogP contribution >= 0.6 is 0 Å². The first-order valence-electron chi connectivity index (χ1n) is 6.74. The Balaban J connectivity index is 2.10. The van der Waals surface area contributed by atoms with Gasteiger partial charge in [0.25, 0.3) is 0 Å². The van der Waals surface area contributed by atoms with Crippen molar-refractivity contribution in [1.29, 1.82) is 0 Å². The third-order valence-electron chi connectivity index (χ3n) is 3.52. The topological polar surface area (TPSA) is 61.4 Å². The van der Waals surface area contributed by atoms with E-state index in [1.165, 1.54) is 6.42 Å². The summed E-state index contributed by atoms with van der Waals surface area (Å²) in [5.74, 6) is 0.979. The van der Waals surface area contributed by atoms with Crippen molar-refractivity contribution in [3.05, 3.63) is 0 Å². The average Bonchev–Trinajstić information content (AvgIpc) is 2.73. The normalized spacial score (nSPS) is 24.2. The number of aliphatic hydroxyl groups excluding tert-OH is 1. The molecule has 1 fully saturated rings. The van der Waals surface area contributed by atoms with Crippen molar-refractivity contribution >= 4 is 5.91 Å². The third-order valence-corrected chi connectivity index (χ3v) is 3.52. The molecule has 1 aliphatic carbocycles. The van der Waals surface area contributed by atoms with E-state index in [0.717, 1.165) is 25.9 Å². The Morgan fingerprint density at radius 3 is 2.71 bits per heavy atom. The molecular formula is C13H26N2O2. The van der Waals surface area contributed by atoms with E-state index in [0.29, 0.717) is 24.3 Å². The summed E-state index contributed by atoms with van der Waals surface area (Å²) in [5, 5.41) is 15.4. The predicted molar refractivity (Wildman–Crippen MR) is 68.7 cm³/mol. The van der Waals surface area contributed by atoms with Crippen LogP contribution in [0.5, 0.6) is 0 Å². The van der Waals surface area contributed by atoms with Crippen LogP contribution in [0.3, 0.4) is 0 Å². The molecule has 4 heteroatoms. The first-order valence-corrected chi connectivity index (χ1v) is 6.74. The summed E-state index contributed by atoms with van der Waals surface area (Å²) in [6.07, 6.45) is 3.96. The Morgan fingerprint density at radius 2 is 2.06 bits per heavy atom. The minimum Gasteiger partial charge on any atom is -0.396 e. The Morgan fingerprint density at radius 1 is 1.35 bits per heavy atom.